The molecule has 1 unspecified atom stereocenters. The molecule has 4 nitrogen and oxygen atoms in total. The number of aromatic nitrogens is 2. The van der Waals surface area contributed by atoms with Gasteiger partial charge in [0, 0.05) is 12.1 Å². The van der Waals surface area contributed by atoms with Crippen LogP contribution >= 0.6 is 0 Å². The third kappa shape index (κ3) is 2.92. The summed E-state index contributed by atoms with van der Waals surface area (Å²) in [7, 11) is 0. The molecule has 1 atom stereocenters. The van der Waals surface area contributed by atoms with Crippen molar-refractivity contribution in [2.24, 2.45) is 0 Å². The number of H-pyrrole nitrogens is 1. The van der Waals surface area contributed by atoms with Gasteiger partial charge in [0.1, 0.15) is 11.7 Å². The number of carboxylic acids is 1. The fraction of sp³-hybridized carbons (Fsp3) is 0.714. The maximum Gasteiger partial charge on any atom is 0.312 e. The third-order valence-corrected chi connectivity index (χ3v) is 3.67. The number of unbranched alkanes of at least 4 members (excludes halogenated alkanes) is 3. The van der Waals surface area contributed by atoms with E-state index in [1.54, 1.807) is 0 Å². The number of aryl methyl sites for hydroxylation is 2. The lowest BCUT2D eigenvalue weighted by Crippen LogP contribution is -2.17. The number of imidazole rings is 1. The first-order valence-corrected chi connectivity index (χ1v) is 7.02. The second-order valence-corrected chi connectivity index (χ2v) is 5.14. The largest absolute Gasteiger partial charge is 0.481 e. The van der Waals surface area contributed by atoms with Crippen molar-refractivity contribution >= 4 is 5.97 Å². The second-order valence-electron chi connectivity index (χ2n) is 5.14. The van der Waals surface area contributed by atoms with Crippen molar-refractivity contribution in [2.75, 3.05) is 0 Å². The Morgan fingerprint density at radius 3 is 3.00 bits per heavy atom. The average molecular weight is 250 g/mol. The van der Waals surface area contributed by atoms with Gasteiger partial charge in [0.05, 0.1) is 5.69 Å². The number of hydrogen-bond acceptors (Lipinski definition) is 2. The van der Waals surface area contributed by atoms with E-state index in [0.717, 1.165) is 49.3 Å². The first kappa shape index (κ1) is 13.1. The van der Waals surface area contributed by atoms with Gasteiger partial charge >= 0.3 is 5.97 Å². The number of carbonyl (C=O) groups is 1. The van der Waals surface area contributed by atoms with E-state index in [2.05, 4.69) is 16.9 Å². The predicted molar refractivity (Wildman–Crippen MR) is 69.7 cm³/mol. The highest BCUT2D eigenvalue weighted by atomic mass is 16.4. The minimum atomic E-state index is -0.736. The van der Waals surface area contributed by atoms with Gasteiger partial charge in [0.15, 0.2) is 0 Å². The van der Waals surface area contributed by atoms with Crippen LogP contribution in [0.1, 0.15) is 68.6 Å². The third-order valence-electron chi connectivity index (χ3n) is 3.67. The summed E-state index contributed by atoms with van der Waals surface area (Å²) < 4.78 is 0. The molecular weight excluding hydrogens is 228 g/mol. The van der Waals surface area contributed by atoms with Crippen LogP contribution in [-0.2, 0) is 17.6 Å². The zero-order valence-corrected chi connectivity index (χ0v) is 11.0. The van der Waals surface area contributed by atoms with Crippen molar-refractivity contribution in [3.63, 3.8) is 0 Å². The minimum Gasteiger partial charge on any atom is -0.481 e. The number of carboxylic acid groups (broad SMARTS) is 1. The number of nitrogens with zero attached hydrogens (tertiary/aromatic N) is 1. The molecule has 1 aromatic heterocycles. The number of nitrogens with one attached hydrogen (secondary N) is 1. The Hall–Kier alpha value is -1.32. The lowest BCUT2D eigenvalue weighted by molar-refractivity contribution is -0.139. The minimum absolute atomic E-state index is 0.394. The molecule has 1 aromatic rings. The van der Waals surface area contributed by atoms with Crippen LogP contribution in [0.5, 0.6) is 0 Å². The van der Waals surface area contributed by atoms with E-state index in [0.29, 0.717) is 0 Å². The number of hydrogen-bond donors (Lipinski definition) is 2. The molecular formula is C14H22N2O2. The first-order chi connectivity index (χ1) is 8.72. The molecule has 1 aliphatic carbocycles. The van der Waals surface area contributed by atoms with Crippen LogP contribution in [0, 0.1) is 0 Å². The standard InChI is InChI=1S/C14H22N2O2/c1-2-3-4-5-9-12-15-11-8-6-7-10(14(17)18)13(11)16-12/h10H,2-9H2,1H3,(H,15,16)(H,17,18). The van der Waals surface area contributed by atoms with Crippen LogP contribution in [-0.4, -0.2) is 21.0 Å². The molecule has 4 heteroatoms. The fourth-order valence-corrected chi connectivity index (χ4v) is 2.66. The molecule has 0 aliphatic heterocycles. The molecule has 0 amide bonds. The highest BCUT2D eigenvalue weighted by Gasteiger charge is 2.29. The normalized spacial score (nSPS) is 18.6. The van der Waals surface area contributed by atoms with Crippen molar-refractivity contribution in [3.05, 3.63) is 17.2 Å². The number of rotatable bonds is 6. The maximum absolute atomic E-state index is 11.2. The lowest BCUT2D eigenvalue weighted by Gasteiger charge is -2.16. The Labute approximate surface area is 108 Å². The van der Waals surface area contributed by atoms with Gasteiger partial charge in [-0.2, -0.15) is 0 Å². The van der Waals surface area contributed by atoms with Gasteiger partial charge in [-0.25, -0.2) is 4.98 Å². The fourth-order valence-electron chi connectivity index (χ4n) is 2.66. The summed E-state index contributed by atoms with van der Waals surface area (Å²) in [6.45, 7) is 2.20. The van der Waals surface area contributed by atoms with Gasteiger partial charge < -0.3 is 10.1 Å². The molecule has 100 valence electrons. The molecule has 0 radical (unpaired) electrons. The van der Waals surface area contributed by atoms with Crippen LogP contribution in [0.3, 0.4) is 0 Å². The highest BCUT2D eigenvalue weighted by molar-refractivity contribution is 5.76. The zero-order chi connectivity index (χ0) is 13.0. The summed E-state index contributed by atoms with van der Waals surface area (Å²) in [5.41, 5.74) is 1.85. The Bertz CT molecular complexity index is 412. The Morgan fingerprint density at radius 1 is 1.44 bits per heavy atom. The van der Waals surface area contributed by atoms with E-state index in [4.69, 9.17) is 0 Å². The molecule has 0 saturated carbocycles. The molecule has 0 fully saturated rings. The predicted octanol–water partition coefficient (Wildman–Crippen LogP) is 3.04. The van der Waals surface area contributed by atoms with Crippen LogP contribution in [0.25, 0.3) is 0 Å². The molecule has 1 heterocycles. The van der Waals surface area contributed by atoms with Crippen LogP contribution < -0.4 is 0 Å². The van der Waals surface area contributed by atoms with Crippen molar-refractivity contribution < 1.29 is 9.90 Å². The van der Waals surface area contributed by atoms with Crippen molar-refractivity contribution in [1.82, 2.24) is 9.97 Å². The van der Waals surface area contributed by atoms with Gasteiger partial charge in [0.2, 0.25) is 0 Å². The smallest absolute Gasteiger partial charge is 0.312 e. The monoisotopic (exact) mass is 250 g/mol. The van der Waals surface area contributed by atoms with Crippen molar-refractivity contribution in [3.8, 4) is 0 Å². The van der Waals surface area contributed by atoms with Crippen LogP contribution in [0.15, 0.2) is 0 Å². The number of fused-ring (bicyclic) bond motifs is 1. The van der Waals surface area contributed by atoms with Crippen molar-refractivity contribution in [1.29, 1.82) is 0 Å². The topological polar surface area (TPSA) is 66.0 Å². The highest BCUT2D eigenvalue weighted by Crippen LogP contribution is 2.30. The molecule has 18 heavy (non-hydrogen) atoms. The second kappa shape index (κ2) is 6.03. The average Bonchev–Trinajstić information content (AvgIpc) is 2.76. The summed E-state index contributed by atoms with van der Waals surface area (Å²) in [4.78, 5) is 19.0. The summed E-state index contributed by atoms with van der Waals surface area (Å²) in [6, 6.07) is 0. The van der Waals surface area contributed by atoms with Gasteiger partial charge in [-0.3, -0.25) is 4.79 Å². The van der Waals surface area contributed by atoms with Gasteiger partial charge in [-0.05, 0) is 25.7 Å². The summed E-state index contributed by atoms with van der Waals surface area (Å²) in [5, 5.41) is 9.19. The summed E-state index contributed by atoms with van der Waals surface area (Å²) in [6.07, 6.45) is 8.42. The van der Waals surface area contributed by atoms with Crippen LogP contribution in [0.2, 0.25) is 0 Å². The van der Waals surface area contributed by atoms with E-state index in [1.165, 1.54) is 19.3 Å². The van der Waals surface area contributed by atoms with E-state index >= 15 is 0 Å². The van der Waals surface area contributed by atoms with Crippen molar-refractivity contribution in [2.45, 2.75) is 64.2 Å². The first-order valence-electron chi connectivity index (χ1n) is 7.02. The summed E-state index contributed by atoms with van der Waals surface area (Å²) >= 11 is 0. The number of aliphatic carboxylic acids is 1. The Kier molecular flexibility index (Phi) is 4.39. The quantitative estimate of drug-likeness (QED) is 0.763. The van der Waals surface area contributed by atoms with Crippen LogP contribution in [0.4, 0.5) is 0 Å². The molecule has 2 rings (SSSR count). The molecule has 1 aliphatic rings. The molecule has 0 spiro atoms. The SMILES string of the molecule is CCCCCCc1nc2c([nH]1)CCCC2C(=O)O. The van der Waals surface area contributed by atoms with E-state index < -0.39 is 11.9 Å². The molecule has 0 aromatic carbocycles. The Morgan fingerprint density at radius 2 is 2.28 bits per heavy atom. The van der Waals surface area contributed by atoms with Gasteiger partial charge in [-0.1, -0.05) is 26.2 Å². The van der Waals surface area contributed by atoms with E-state index in [9.17, 15) is 9.90 Å². The van der Waals surface area contributed by atoms with E-state index in [-0.39, 0.29) is 0 Å². The van der Waals surface area contributed by atoms with Gasteiger partial charge in [-0.15, -0.1) is 0 Å². The van der Waals surface area contributed by atoms with Gasteiger partial charge in [0.25, 0.3) is 0 Å². The summed E-state index contributed by atoms with van der Waals surface area (Å²) in [5.74, 6) is -0.154. The molecule has 0 bridgehead atoms. The number of aromatic amines is 1. The Balaban J connectivity index is 2.00. The van der Waals surface area contributed by atoms with E-state index in [1.807, 2.05) is 0 Å². The maximum atomic E-state index is 11.2. The molecule has 2 N–H and O–H groups in total. The lowest BCUT2D eigenvalue weighted by atomic mass is 9.90. The molecule has 0 saturated heterocycles. The zero-order valence-electron chi connectivity index (χ0n) is 11.0.